The van der Waals surface area contributed by atoms with Crippen molar-refractivity contribution >= 4 is 26.3 Å². The fraction of sp³-hybridized carbons (Fsp3) is 1.00. The van der Waals surface area contributed by atoms with Crippen LogP contribution in [0, 0.1) is 0 Å². The predicted molar refractivity (Wildman–Crippen MR) is 33.7 cm³/mol. The molecule has 0 unspecified atom stereocenters. The summed E-state index contributed by atoms with van der Waals surface area (Å²) in [5, 5.41) is 2.81. The van der Waals surface area contributed by atoms with Gasteiger partial charge in [0.25, 0.3) is 0 Å². The normalized spacial score (nSPS) is 33.0. The maximum atomic E-state index is 5.66. The molecule has 0 aromatic heterocycles. The molecule has 1 aliphatic rings. The Hall–Kier alpha value is 0.999. The third-order valence-electron chi connectivity index (χ3n) is 0.937. The van der Waals surface area contributed by atoms with Crippen LogP contribution in [0.5, 0.6) is 0 Å². The molecule has 1 aliphatic heterocycles. The van der Waals surface area contributed by atoms with Crippen LogP contribution in [0.25, 0.3) is 0 Å². The topological polar surface area (TPSA) is 26.0 Å². The molecule has 0 amide bonds. The first-order chi connectivity index (χ1) is 3.39. The molecule has 0 spiro atoms. The SMILES string of the molecule is N[C@H]1CC[Se][Se]C1. The van der Waals surface area contributed by atoms with E-state index in [1.807, 2.05) is 0 Å². The van der Waals surface area contributed by atoms with Crippen molar-refractivity contribution < 1.29 is 0 Å². The van der Waals surface area contributed by atoms with E-state index in [4.69, 9.17) is 5.73 Å². The van der Waals surface area contributed by atoms with Gasteiger partial charge in [-0.2, -0.15) is 0 Å². The fourth-order valence-electron chi connectivity index (χ4n) is 0.477. The zero-order valence-electron chi connectivity index (χ0n) is 4.09. The molecule has 0 bridgehead atoms. The van der Waals surface area contributed by atoms with Crippen molar-refractivity contribution in [2.45, 2.75) is 23.1 Å². The second-order valence-corrected chi connectivity index (χ2v) is 9.34. The summed E-state index contributed by atoms with van der Waals surface area (Å²) in [7, 11) is 0. The van der Waals surface area contributed by atoms with Crippen molar-refractivity contribution in [2.75, 3.05) is 0 Å². The molecule has 2 N–H and O–H groups in total. The van der Waals surface area contributed by atoms with E-state index in [0.29, 0.717) is 6.04 Å². The average Bonchev–Trinajstić information content (AvgIpc) is 1.69. The quantitative estimate of drug-likeness (QED) is 0.575. The summed E-state index contributed by atoms with van der Waals surface area (Å²) in [5.41, 5.74) is 5.66. The van der Waals surface area contributed by atoms with Gasteiger partial charge in [0.1, 0.15) is 0 Å². The van der Waals surface area contributed by atoms with Gasteiger partial charge < -0.3 is 0 Å². The van der Waals surface area contributed by atoms with Crippen molar-refractivity contribution in [3.05, 3.63) is 0 Å². The number of rotatable bonds is 0. The molecule has 0 aromatic rings. The Balaban J connectivity index is 2.12. The molecule has 0 saturated carbocycles. The van der Waals surface area contributed by atoms with E-state index in [1.54, 1.807) is 0 Å². The van der Waals surface area contributed by atoms with Gasteiger partial charge in [-0.05, 0) is 0 Å². The van der Waals surface area contributed by atoms with Crippen LogP contribution in [0.4, 0.5) is 0 Å². The summed E-state index contributed by atoms with van der Waals surface area (Å²) >= 11 is 1.98. The van der Waals surface area contributed by atoms with Crippen LogP contribution in [0.3, 0.4) is 0 Å². The molecule has 1 nitrogen and oxygen atoms in total. The Morgan fingerprint density at radius 3 is 2.57 bits per heavy atom. The van der Waals surface area contributed by atoms with Crippen LogP contribution >= 0.6 is 0 Å². The van der Waals surface area contributed by atoms with Gasteiger partial charge in [0.15, 0.2) is 0 Å². The minimum atomic E-state index is 0.579. The van der Waals surface area contributed by atoms with Crippen LogP contribution in [-0.2, 0) is 0 Å². The first-order valence-electron chi connectivity index (χ1n) is 2.39. The summed E-state index contributed by atoms with van der Waals surface area (Å²) in [6.45, 7) is 0. The van der Waals surface area contributed by atoms with Gasteiger partial charge in [0.05, 0.1) is 0 Å². The fourth-order valence-corrected chi connectivity index (χ4v) is 7.77. The third-order valence-corrected chi connectivity index (χ3v) is 8.43. The van der Waals surface area contributed by atoms with Gasteiger partial charge in [0, 0.05) is 0 Å². The molecular weight excluding hydrogens is 220 g/mol. The summed E-state index contributed by atoms with van der Waals surface area (Å²) in [4.78, 5) is 0. The number of hydrogen-bond donors (Lipinski definition) is 1. The first kappa shape index (κ1) is 6.12. The summed E-state index contributed by atoms with van der Waals surface area (Å²) < 4.78 is 0. The van der Waals surface area contributed by atoms with Gasteiger partial charge in [-0.3, -0.25) is 0 Å². The Morgan fingerprint density at radius 2 is 2.29 bits per heavy atom. The van der Waals surface area contributed by atoms with Crippen molar-refractivity contribution in [1.82, 2.24) is 0 Å². The van der Waals surface area contributed by atoms with Crippen molar-refractivity contribution in [3.63, 3.8) is 0 Å². The van der Waals surface area contributed by atoms with Crippen LogP contribution in [0.15, 0.2) is 0 Å². The van der Waals surface area contributed by atoms with Gasteiger partial charge in [0.2, 0.25) is 0 Å². The molecule has 1 fully saturated rings. The van der Waals surface area contributed by atoms with E-state index in [-0.39, 0.29) is 0 Å². The number of nitrogens with two attached hydrogens (primary N) is 1. The van der Waals surface area contributed by atoms with E-state index in [2.05, 4.69) is 0 Å². The second-order valence-electron chi connectivity index (χ2n) is 1.66. The summed E-state index contributed by atoms with van der Waals surface area (Å²) in [6, 6.07) is 0.579. The monoisotopic (exact) mass is 231 g/mol. The average molecular weight is 229 g/mol. The molecule has 0 radical (unpaired) electrons. The van der Waals surface area contributed by atoms with E-state index >= 15 is 0 Å². The summed E-state index contributed by atoms with van der Waals surface area (Å²) in [5.74, 6) is 0. The van der Waals surface area contributed by atoms with Crippen LogP contribution < -0.4 is 5.73 Å². The Kier molecular flexibility index (Phi) is 2.72. The van der Waals surface area contributed by atoms with E-state index in [1.165, 1.54) is 17.1 Å². The minimum absolute atomic E-state index is 0.579. The Labute approximate surface area is 55.3 Å². The van der Waals surface area contributed by atoms with E-state index in [0.717, 1.165) is 26.3 Å². The standard InChI is InChI=1S/C4H9NSe2/c5-4-1-2-6-7-3-4/h4H,1-3,5H2/t4-/m0/s1. The van der Waals surface area contributed by atoms with Crippen LogP contribution in [-0.4, -0.2) is 32.3 Å². The van der Waals surface area contributed by atoms with Crippen molar-refractivity contribution in [2.24, 2.45) is 5.73 Å². The molecule has 1 heterocycles. The summed E-state index contributed by atoms with van der Waals surface area (Å²) in [6.07, 6.45) is 1.31. The molecule has 1 atom stereocenters. The molecule has 0 aliphatic carbocycles. The van der Waals surface area contributed by atoms with Gasteiger partial charge in [-0.1, -0.05) is 0 Å². The second kappa shape index (κ2) is 3.11. The zero-order valence-corrected chi connectivity index (χ0v) is 7.52. The van der Waals surface area contributed by atoms with Gasteiger partial charge >= 0.3 is 55.1 Å². The Bertz CT molecular complexity index is 51.7. The molecule has 42 valence electrons. The molecule has 7 heavy (non-hydrogen) atoms. The molecule has 1 saturated heterocycles. The van der Waals surface area contributed by atoms with Gasteiger partial charge in [-0.25, -0.2) is 0 Å². The van der Waals surface area contributed by atoms with Crippen molar-refractivity contribution in [1.29, 1.82) is 0 Å². The van der Waals surface area contributed by atoms with Crippen LogP contribution in [0.2, 0.25) is 10.6 Å². The van der Waals surface area contributed by atoms with E-state index in [9.17, 15) is 0 Å². The molecule has 0 aromatic carbocycles. The molecule has 3 heteroatoms. The molecular formula is C4H9NSe2. The predicted octanol–water partition coefficient (Wildman–Crippen LogP) is -0.123. The van der Waals surface area contributed by atoms with Gasteiger partial charge in [-0.15, -0.1) is 0 Å². The van der Waals surface area contributed by atoms with E-state index < -0.39 is 0 Å². The number of hydrogen-bond acceptors (Lipinski definition) is 1. The zero-order chi connectivity index (χ0) is 5.11. The maximum absolute atomic E-state index is 5.66. The Morgan fingerprint density at radius 1 is 1.43 bits per heavy atom. The first-order valence-corrected chi connectivity index (χ1v) is 9.15. The van der Waals surface area contributed by atoms with Crippen LogP contribution in [0.1, 0.15) is 6.42 Å². The third kappa shape index (κ3) is 2.16. The van der Waals surface area contributed by atoms with Crippen molar-refractivity contribution in [3.8, 4) is 0 Å². The molecule has 1 rings (SSSR count).